The Labute approximate surface area is 129 Å². The van der Waals surface area contributed by atoms with Gasteiger partial charge < -0.3 is 11.1 Å². The number of benzene rings is 2. The van der Waals surface area contributed by atoms with Crippen LogP contribution in [0.15, 0.2) is 40.9 Å². The highest BCUT2D eigenvalue weighted by atomic mass is 79.9. The lowest BCUT2D eigenvalue weighted by Crippen LogP contribution is -2.20. The minimum Gasteiger partial charge on any atom is -0.377 e. The zero-order valence-electron chi connectivity index (χ0n) is 10.3. The molecule has 0 radical (unpaired) electrons. The van der Waals surface area contributed by atoms with Gasteiger partial charge in [0.05, 0.1) is 11.1 Å². The molecular weight excluding hydrogens is 350 g/mol. The van der Waals surface area contributed by atoms with Crippen LogP contribution in [0.1, 0.15) is 11.6 Å². The van der Waals surface area contributed by atoms with E-state index in [4.69, 9.17) is 17.3 Å². The molecule has 0 spiro atoms. The number of nitrogens with two attached hydrogens (primary N) is 1. The van der Waals surface area contributed by atoms with Crippen molar-refractivity contribution in [2.24, 2.45) is 5.73 Å². The Hall–Kier alpha value is -1.17. The standard InChI is InChI=1S/C14H12BrClF2N2/c15-10-6-9(2-3-11(10)16)20-14(7-19)8-1-4-12(17)13(18)5-8/h1-6,14,20H,7,19H2. The van der Waals surface area contributed by atoms with Crippen LogP contribution in [0.2, 0.25) is 5.02 Å². The van der Waals surface area contributed by atoms with Crippen molar-refractivity contribution in [2.45, 2.75) is 6.04 Å². The number of rotatable bonds is 4. The van der Waals surface area contributed by atoms with Crippen molar-refractivity contribution in [3.05, 3.63) is 63.1 Å². The molecule has 0 amide bonds. The van der Waals surface area contributed by atoms with E-state index in [1.807, 2.05) is 0 Å². The van der Waals surface area contributed by atoms with Gasteiger partial charge in [-0.1, -0.05) is 17.7 Å². The molecule has 0 heterocycles. The first-order chi connectivity index (χ1) is 9.51. The van der Waals surface area contributed by atoms with Crippen molar-refractivity contribution in [3.8, 4) is 0 Å². The summed E-state index contributed by atoms with van der Waals surface area (Å²) in [5.74, 6) is -1.77. The maximum absolute atomic E-state index is 13.3. The van der Waals surface area contributed by atoms with E-state index >= 15 is 0 Å². The van der Waals surface area contributed by atoms with Crippen LogP contribution in [0.5, 0.6) is 0 Å². The lowest BCUT2D eigenvalue weighted by atomic mass is 10.1. The summed E-state index contributed by atoms with van der Waals surface area (Å²) < 4.78 is 26.9. The molecule has 0 aliphatic heterocycles. The maximum Gasteiger partial charge on any atom is 0.159 e. The molecule has 2 aromatic carbocycles. The molecular formula is C14H12BrClF2N2. The summed E-state index contributed by atoms with van der Waals surface area (Å²) in [4.78, 5) is 0. The van der Waals surface area contributed by atoms with Crippen molar-refractivity contribution < 1.29 is 8.78 Å². The first-order valence-electron chi connectivity index (χ1n) is 5.88. The molecule has 0 saturated carbocycles. The van der Waals surface area contributed by atoms with Gasteiger partial charge in [0.2, 0.25) is 0 Å². The van der Waals surface area contributed by atoms with Gasteiger partial charge in [0.1, 0.15) is 0 Å². The van der Waals surface area contributed by atoms with Gasteiger partial charge in [0, 0.05) is 16.7 Å². The van der Waals surface area contributed by atoms with E-state index in [0.29, 0.717) is 10.6 Å². The van der Waals surface area contributed by atoms with Crippen molar-refractivity contribution in [3.63, 3.8) is 0 Å². The van der Waals surface area contributed by atoms with Crippen LogP contribution >= 0.6 is 27.5 Å². The van der Waals surface area contributed by atoms with E-state index in [9.17, 15) is 8.78 Å². The Balaban J connectivity index is 2.23. The quantitative estimate of drug-likeness (QED) is 0.842. The van der Waals surface area contributed by atoms with Gasteiger partial charge in [-0.2, -0.15) is 0 Å². The first kappa shape index (κ1) is 15.2. The molecule has 106 valence electrons. The van der Waals surface area contributed by atoms with Crippen molar-refractivity contribution in [1.82, 2.24) is 0 Å². The van der Waals surface area contributed by atoms with E-state index < -0.39 is 11.6 Å². The fourth-order valence-electron chi connectivity index (χ4n) is 1.79. The molecule has 0 aliphatic rings. The molecule has 20 heavy (non-hydrogen) atoms. The highest BCUT2D eigenvalue weighted by Crippen LogP contribution is 2.28. The fraction of sp³-hybridized carbons (Fsp3) is 0.143. The molecule has 1 atom stereocenters. The largest absolute Gasteiger partial charge is 0.377 e. The van der Waals surface area contributed by atoms with Crippen molar-refractivity contribution >= 4 is 33.2 Å². The normalized spacial score (nSPS) is 12.2. The maximum atomic E-state index is 13.3. The summed E-state index contributed by atoms with van der Waals surface area (Å²) in [6.45, 7) is 0.241. The highest BCUT2D eigenvalue weighted by molar-refractivity contribution is 9.10. The molecule has 2 rings (SSSR count). The summed E-state index contributed by atoms with van der Waals surface area (Å²) >= 11 is 9.24. The Morgan fingerprint density at radius 1 is 1.15 bits per heavy atom. The second-order valence-electron chi connectivity index (χ2n) is 4.24. The molecule has 0 bridgehead atoms. The smallest absolute Gasteiger partial charge is 0.159 e. The van der Waals surface area contributed by atoms with Crippen LogP contribution in [0, 0.1) is 11.6 Å². The van der Waals surface area contributed by atoms with Crippen LogP contribution in [-0.4, -0.2) is 6.54 Å². The summed E-state index contributed by atoms with van der Waals surface area (Å²) in [6, 6.07) is 8.73. The average Bonchev–Trinajstić information content (AvgIpc) is 2.43. The van der Waals surface area contributed by atoms with Crippen LogP contribution in [0.25, 0.3) is 0 Å². The summed E-state index contributed by atoms with van der Waals surface area (Å²) in [6.07, 6.45) is 0. The van der Waals surface area contributed by atoms with E-state index in [2.05, 4.69) is 21.2 Å². The van der Waals surface area contributed by atoms with E-state index in [1.165, 1.54) is 6.07 Å². The zero-order chi connectivity index (χ0) is 14.7. The molecule has 2 aromatic rings. The third-order valence-corrected chi connectivity index (χ3v) is 4.06. The monoisotopic (exact) mass is 360 g/mol. The SMILES string of the molecule is NCC(Nc1ccc(Cl)c(Br)c1)c1ccc(F)c(F)c1. The summed E-state index contributed by atoms with van der Waals surface area (Å²) in [5, 5.41) is 3.75. The van der Waals surface area contributed by atoms with Gasteiger partial charge in [-0.25, -0.2) is 8.78 Å². The third kappa shape index (κ3) is 3.48. The topological polar surface area (TPSA) is 38.0 Å². The molecule has 0 aliphatic carbocycles. The third-order valence-electron chi connectivity index (χ3n) is 2.84. The molecule has 3 N–H and O–H groups in total. The van der Waals surface area contributed by atoms with E-state index in [1.54, 1.807) is 18.2 Å². The Morgan fingerprint density at radius 3 is 2.50 bits per heavy atom. The van der Waals surface area contributed by atoms with Gasteiger partial charge in [0.25, 0.3) is 0 Å². The van der Waals surface area contributed by atoms with Crippen LogP contribution in [-0.2, 0) is 0 Å². The van der Waals surface area contributed by atoms with Gasteiger partial charge in [-0.3, -0.25) is 0 Å². The van der Waals surface area contributed by atoms with E-state index in [0.717, 1.165) is 22.3 Å². The van der Waals surface area contributed by atoms with Crippen molar-refractivity contribution in [1.29, 1.82) is 0 Å². The lowest BCUT2D eigenvalue weighted by Gasteiger charge is -2.19. The molecule has 0 saturated heterocycles. The summed E-state index contributed by atoms with van der Waals surface area (Å²) in [5.41, 5.74) is 7.05. The minimum atomic E-state index is -0.889. The molecule has 2 nitrogen and oxygen atoms in total. The molecule has 0 aromatic heterocycles. The average molecular weight is 362 g/mol. The number of anilines is 1. The van der Waals surface area contributed by atoms with Gasteiger partial charge >= 0.3 is 0 Å². The zero-order valence-corrected chi connectivity index (χ0v) is 12.7. The minimum absolute atomic E-state index is 0.241. The van der Waals surface area contributed by atoms with Gasteiger partial charge in [-0.15, -0.1) is 0 Å². The van der Waals surface area contributed by atoms with Crippen molar-refractivity contribution in [2.75, 3.05) is 11.9 Å². The molecule has 6 heteroatoms. The molecule has 0 fully saturated rings. The number of nitrogens with one attached hydrogen (secondary N) is 1. The Bertz CT molecular complexity index is 622. The Kier molecular flexibility index (Phi) is 4.96. The molecule has 1 unspecified atom stereocenters. The second kappa shape index (κ2) is 6.52. The number of hydrogen-bond donors (Lipinski definition) is 2. The van der Waals surface area contributed by atoms with Gasteiger partial charge in [-0.05, 0) is 51.8 Å². The number of hydrogen-bond acceptors (Lipinski definition) is 2. The second-order valence-corrected chi connectivity index (χ2v) is 5.50. The summed E-state index contributed by atoms with van der Waals surface area (Å²) in [7, 11) is 0. The van der Waals surface area contributed by atoms with Crippen LogP contribution < -0.4 is 11.1 Å². The van der Waals surface area contributed by atoms with Gasteiger partial charge in [0.15, 0.2) is 11.6 Å². The highest BCUT2D eigenvalue weighted by Gasteiger charge is 2.13. The van der Waals surface area contributed by atoms with Crippen LogP contribution in [0.3, 0.4) is 0 Å². The predicted molar refractivity (Wildman–Crippen MR) is 80.9 cm³/mol. The van der Waals surface area contributed by atoms with E-state index in [-0.39, 0.29) is 12.6 Å². The number of halogens is 4. The lowest BCUT2D eigenvalue weighted by molar-refractivity contribution is 0.506. The fourth-order valence-corrected chi connectivity index (χ4v) is 2.29. The van der Waals surface area contributed by atoms with Crippen LogP contribution in [0.4, 0.5) is 14.5 Å². The Morgan fingerprint density at radius 2 is 1.90 bits per heavy atom. The predicted octanol–water partition coefficient (Wildman–Crippen LogP) is 4.49. The first-order valence-corrected chi connectivity index (χ1v) is 7.05.